The Morgan fingerprint density at radius 1 is 1.40 bits per heavy atom. The molecule has 3 heteroatoms. The summed E-state index contributed by atoms with van der Waals surface area (Å²) in [4.78, 5) is 6.25. The van der Waals surface area contributed by atoms with E-state index in [1.807, 2.05) is 11.3 Å². The van der Waals surface area contributed by atoms with Crippen LogP contribution in [-0.4, -0.2) is 4.98 Å². The van der Waals surface area contributed by atoms with E-state index in [0.29, 0.717) is 5.41 Å². The summed E-state index contributed by atoms with van der Waals surface area (Å²) in [6.07, 6.45) is 6.18. The summed E-state index contributed by atoms with van der Waals surface area (Å²) in [6, 6.07) is 0. The minimum atomic E-state index is -0.206. The maximum absolute atomic E-state index is 6.49. The Morgan fingerprint density at radius 2 is 2.13 bits per heavy atom. The highest BCUT2D eigenvalue weighted by atomic mass is 32.1. The molecule has 2 N–H and O–H groups in total. The Labute approximate surface area is 94.9 Å². The second kappa shape index (κ2) is 2.83. The average molecular weight is 222 g/mol. The molecule has 0 radical (unpaired) electrons. The van der Waals surface area contributed by atoms with Crippen LogP contribution in [0.3, 0.4) is 0 Å². The van der Waals surface area contributed by atoms with Crippen molar-refractivity contribution in [3.63, 3.8) is 0 Å². The molecule has 3 rings (SSSR count). The van der Waals surface area contributed by atoms with Gasteiger partial charge in [-0.1, -0.05) is 6.92 Å². The highest BCUT2D eigenvalue weighted by molar-refractivity contribution is 7.12. The summed E-state index contributed by atoms with van der Waals surface area (Å²) in [6.45, 7) is 4.45. The molecular formula is C12H18N2S. The number of aromatic nitrogens is 1. The normalized spacial score (nSPS) is 26.1. The zero-order valence-corrected chi connectivity index (χ0v) is 10.3. The number of thiazole rings is 1. The highest BCUT2D eigenvalue weighted by Crippen LogP contribution is 2.57. The number of hydrogen-bond acceptors (Lipinski definition) is 3. The van der Waals surface area contributed by atoms with E-state index in [-0.39, 0.29) is 5.54 Å². The van der Waals surface area contributed by atoms with E-state index in [4.69, 9.17) is 10.7 Å². The first-order valence-corrected chi connectivity index (χ1v) is 6.62. The zero-order valence-electron chi connectivity index (χ0n) is 9.47. The maximum Gasteiger partial charge on any atom is 0.113 e. The number of rotatable bonds is 2. The molecule has 2 nitrogen and oxygen atoms in total. The summed E-state index contributed by atoms with van der Waals surface area (Å²) in [5.41, 5.74) is 7.91. The molecule has 1 fully saturated rings. The van der Waals surface area contributed by atoms with Crippen molar-refractivity contribution in [3.8, 4) is 0 Å². The van der Waals surface area contributed by atoms with Crippen LogP contribution in [-0.2, 0) is 18.4 Å². The quantitative estimate of drug-likeness (QED) is 0.835. The second-order valence-corrected chi connectivity index (χ2v) is 6.59. The van der Waals surface area contributed by atoms with E-state index < -0.39 is 0 Å². The van der Waals surface area contributed by atoms with E-state index in [9.17, 15) is 0 Å². The van der Waals surface area contributed by atoms with Gasteiger partial charge in [-0.15, -0.1) is 11.3 Å². The summed E-state index contributed by atoms with van der Waals surface area (Å²) >= 11 is 1.86. The molecule has 1 heterocycles. The van der Waals surface area contributed by atoms with Gasteiger partial charge in [0.15, 0.2) is 0 Å². The first-order chi connectivity index (χ1) is 7.03. The lowest BCUT2D eigenvalue weighted by Gasteiger charge is -2.29. The Kier molecular flexibility index (Phi) is 1.85. The number of nitrogens with zero attached hydrogens (tertiary/aromatic N) is 1. The zero-order chi connectivity index (χ0) is 10.7. The first kappa shape index (κ1) is 9.79. The van der Waals surface area contributed by atoms with Crippen molar-refractivity contribution < 1.29 is 0 Å². The van der Waals surface area contributed by atoms with Gasteiger partial charge in [-0.3, -0.25) is 0 Å². The Hall–Kier alpha value is -0.410. The van der Waals surface area contributed by atoms with Gasteiger partial charge in [-0.2, -0.15) is 0 Å². The molecular weight excluding hydrogens is 204 g/mol. The van der Waals surface area contributed by atoms with Crippen molar-refractivity contribution in [2.45, 2.75) is 51.5 Å². The van der Waals surface area contributed by atoms with Crippen LogP contribution in [0.2, 0.25) is 0 Å². The number of nitrogens with two attached hydrogens (primary N) is 1. The molecule has 15 heavy (non-hydrogen) atoms. The van der Waals surface area contributed by atoms with Crippen LogP contribution >= 0.6 is 11.3 Å². The molecule has 1 atom stereocenters. The van der Waals surface area contributed by atoms with Crippen LogP contribution in [0.1, 0.15) is 48.7 Å². The monoisotopic (exact) mass is 222 g/mol. The van der Waals surface area contributed by atoms with Crippen LogP contribution < -0.4 is 5.73 Å². The predicted octanol–water partition coefficient (Wildman–Crippen LogP) is 2.61. The summed E-state index contributed by atoms with van der Waals surface area (Å²) in [7, 11) is 0. The smallest absolute Gasteiger partial charge is 0.113 e. The fourth-order valence-corrected chi connectivity index (χ4v) is 3.74. The number of fused-ring (bicyclic) bond motifs is 1. The van der Waals surface area contributed by atoms with Gasteiger partial charge in [0.05, 0.1) is 11.2 Å². The predicted molar refractivity (Wildman–Crippen MR) is 63.0 cm³/mol. The molecule has 1 saturated carbocycles. The summed E-state index contributed by atoms with van der Waals surface area (Å²) in [5.74, 6) is 0. The summed E-state index contributed by atoms with van der Waals surface area (Å²) in [5, 5.41) is 1.17. The lowest BCUT2D eigenvalue weighted by molar-refractivity contribution is 0.299. The lowest BCUT2D eigenvalue weighted by atomic mass is 9.85. The molecule has 1 aromatic heterocycles. The Bertz CT molecular complexity index is 380. The molecule has 0 spiro atoms. The number of aryl methyl sites for hydroxylation is 2. The SMILES string of the molecule is CC1(C(C)(N)c2nc3c(s2)CCC3)CC1. The Morgan fingerprint density at radius 3 is 2.73 bits per heavy atom. The van der Waals surface area contributed by atoms with Crippen molar-refractivity contribution in [1.82, 2.24) is 4.98 Å². The minimum absolute atomic E-state index is 0.206. The third-order valence-electron chi connectivity index (χ3n) is 4.29. The van der Waals surface area contributed by atoms with Crippen LogP contribution in [0.4, 0.5) is 0 Å². The molecule has 1 aromatic rings. The van der Waals surface area contributed by atoms with E-state index in [1.165, 1.54) is 47.7 Å². The van der Waals surface area contributed by atoms with E-state index in [2.05, 4.69) is 13.8 Å². The molecule has 0 aromatic carbocycles. The maximum atomic E-state index is 6.49. The van der Waals surface area contributed by atoms with Crippen LogP contribution in [0.25, 0.3) is 0 Å². The third kappa shape index (κ3) is 1.29. The first-order valence-electron chi connectivity index (χ1n) is 5.81. The fraction of sp³-hybridized carbons (Fsp3) is 0.750. The van der Waals surface area contributed by atoms with Gasteiger partial charge in [-0.25, -0.2) is 4.98 Å². The van der Waals surface area contributed by atoms with Crippen molar-refractivity contribution in [1.29, 1.82) is 0 Å². The van der Waals surface area contributed by atoms with Gasteiger partial charge in [0, 0.05) is 4.88 Å². The molecule has 0 saturated heterocycles. The minimum Gasteiger partial charge on any atom is -0.319 e. The van der Waals surface area contributed by atoms with Crippen LogP contribution in [0.5, 0.6) is 0 Å². The lowest BCUT2D eigenvalue weighted by Crippen LogP contribution is -2.41. The van der Waals surface area contributed by atoms with Gasteiger partial charge >= 0.3 is 0 Å². The second-order valence-electron chi connectivity index (χ2n) is 5.51. The largest absolute Gasteiger partial charge is 0.319 e. The van der Waals surface area contributed by atoms with E-state index >= 15 is 0 Å². The van der Waals surface area contributed by atoms with Crippen LogP contribution in [0, 0.1) is 5.41 Å². The molecule has 0 aliphatic heterocycles. The number of hydrogen-bond donors (Lipinski definition) is 1. The highest BCUT2D eigenvalue weighted by Gasteiger charge is 2.53. The van der Waals surface area contributed by atoms with Gasteiger partial charge in [0.1, 0.15) is 5.01 Å². The molecule has 2 aliphatic rings. The van der Waals surface area contributed by atoms with E-state index in [1.54, 1.807) is 0 Å². The van der Waals surface area contributed by atoms with Gasteiger partial charge < -0.3 is 5.73 Å². The molecule has 2 aliphatic carbocycles. The fourth-order valence-electron chi connectivity index (χ4n) is 2.38. The van der Waals surface area contributed by atoms with Crippen LogP contribution in [0.15, 0.2) is 0 Å². The van der Waals surface area contributed by atoms with E-state index in [0.717, 1.165) is 0 Å². The summed E-state index contributed by atoms with van der Waals surface area (Å²) < 4.78 is 0. The van der Waals surface area contributed by atoms with Crippen molar-refractivity contribution in [2.75, 3.05) is 0 Å². The topological polar surface area (TPSA) is 38.9 Å². The van der Waals surface area contributed by atoms with Crippen molar-refractivity contribution in [3.05, 3.63) is 15.6 Å². The van der Waals surface area contributed by atoms with Gasteiger partial charge in [0.2, 0.25) is 0 Å². The van der Waals surface area contributed by atoms with Gasteiger partial charge in [-0.05, 0) is 44.4 Å². The van der Waals surface area contributed by atoms with Gasteiger partial charge in [0.25, 0.3) is 0 Å². The van der Waals surface area contributed by atoms with Crippen molar-refractivity contribution in [2.24, 2.45) is 11.1 Å². The molecule has 0 bridgehead atoms. The standard InChI is InChI=1S/C12H18N2S/c1-11(6-7-11)12(2,13)10-14-8-4-3-5-9(8)15-10/h3-7,13H2,1-2H3. The Balaban J connectivity index is 1.98. The average Bonchev–Trinajstić information content (AvgIpc) is 2.62. The van der Waals surface area contributed by atoms with Crippen molar-refractivity contribution >= 4 is 11.3 Å². The molecule has 82 valence electrons. The third-order valence-corrected chi connectivity index (χ3v) is 5.69. The molecule has 0 amide bonds. The molecule has 1 unspecified atom stereocenters.